The maximum absolute atomic E-state index is 17.4. The van der Waals surface area contributed by atoms with E-state index in [4.69, 9.17) is 20.9 Å². The Morgan fingerprint density at radius 2 is 1.94 bits per heavy atom. The minimum absolute atomic E-state index is 0.00985. The molecule has 10 nitrogen and oxygen atoms in total. The summed E-state index contributed by atoms with van der Waals surface area (Å²) in [6, 6.07) is 6.62. The van der Waals surface area contributed by atoms with E-state index in [-0.39, 0.29) is 76.9 Å². The average molecular weight is 773 g/mol. The van der Waals surface area contributed by atoms with E-state index in [2.05, 4.69) is 19.9 Å². The number of nitrogens with two attached hydrogens (primary N) is 2. The molecule has 2 saturated heterocycles. The van der Waals surface area contributed by atoms with E-state index in [0.717, 1.165) is 18.6 Å². The third-order valence-electron chi connectivity index (χ3n) is 10.5. The highest BCUT2D eigenvalue weighted by atomic mass is 32.1. The molecular weight excluding hydrogens is 742 g/mol. The van der Waals surface area contributed by atoms with Crippen molar-refractivity contribution in [3.05, 3.63) is 58.8 Å². The smallest absolute Gasteiger partial charge is 0.420 e. The second-order valence-corrected chi connectivity index (χ2v) is 14.8. The minimum Gasteiger partial charge on any atom is -0.490 e. The Hall–Kier alpha value is -5.15. The Labute approximate surface area is 307 Å². The quantitative estimate of drug-likeness (QED) is 0.152. The van der Waals surface area contributed by atoms with Gasteiger partial charge in [-0.3, -0.25) is 4.90 Å². The fourth-order valence-corrected chi connectivity index (χ4v) is 9.25. The van der Waals surface area contributed by atoms with Crippen molar-refractivity contribution in [2.45, 2.75) is 50.4 Å². The van der Waals surface area contributed by atoms with Gasteiger partial charge in [-0.15, -0.1) is 11.3 Å². The molecule has 0 radical (unpaired) electrons. The van der Waals surface area contributed by atoms with E-state index in [9.17, 15) is 14.0 Å². The molecule has 3 aliphatic rings. The molecule has 0 saturated carbocycles. The summed E-state index contributed by atoms with van der Waals surface area (Å²) in [4.78, 5) is 16.7. The van der Waals surface area contributed by atoms with Gasteiger partial charge in [0.05, 0.1) is 27.7 Å². The highest BCUT2D eigenvalue weighted by Crippen LogP contribution is 2.53. The van der Waals surface area contributed by atoms with Gasteiger partial charge in [0.25, 0.3) is 0 Å². The number of anilines is 3. The van der Waals surface area contributed by atoms with Gasteiger partial charge in [0.15, 0.2) is 5.82 Å². The van der Waals surface area contributed by atoms with Crippen molar-refractivity contribution in [3.8, 4) is 29.0 Å². The number of hydrogen-bond donors (Lipinski definition) is 2. The van der Waals surface area contributed by atoms with Crippen molar-refractivity contribution in [2.24, 2.45) is 5.92 Å². The molecule has 3 aromatic heterocycles. The number of fused-ring (bicyclic) bond motifs is 2. The van der Waals surface area contributed by atoms with Gasteiger partial charge in [0.2, 0.25) is 6.43 Å². The van der Waals surface area contributed by atoms with Gasteiger partial charge in [0.1, 0.15) is 58.6 Å². The number of ether oxygens (including phenoxy) is 2. The van der Waals surface area contributed by atoms with Gasteiger partial charge < -0.3 is 25.8 Å². The highest BCUT2D eigenvalue weighted by Gasteiger charge is 2.50. The minimum atomic E-state index is -5.24. The Bertz CT molecular complexity index is 2350. The standard InChI is InChI=1S/C36H31F7N8O2S/c37-21-5-4-19(23-20(13-44)32(46)54-30(21)23)24-26(36(41,42)43)29-25-28(27(24)40)48-34(53-16-35-6-2-8-51(35)14-17(12-35)11-22(38)39)49-33(25)50(9-10-52-29)15-18-3-1-7-47-31(18)45/h1,3-5,7,17,22H,2,6,8-12,14-16,46H2,(H2,45,47). The largest absolute Gasteiger partial charge is 0.490 e. The summed E-state index contributed by atoms with van der Waals surface area (Å²) in [6.07, 6.45) is -4.62. The molecule has 54 heavy (non-hydrogen) atoms. The average Bonchev–Trinajstić information content (AvgIpc) is 3.73. The highest BCUT2D eigenvalue weighted by molar-refractivity contribution is 7.23. The van der Waals surface area contributed by atoms with Crippen LogP contribution < -0.4 is 25.8 Å². The van der Waals surface area contributed by atoms with E-state index in [1.54, 1.807) is 17.0 Å². The molecule has 5 aromatic rings. The molecule has 0 amide bonds. The molecule has 8 rings (SSSR count). The number of rotatable bonds is 8. The van der Waals surface area contributed by atoms with Crippen LogP contribution in [0.1, 0.15) is 42.4 Å². The summed E-state index contributed by atoms with van der Waals surface area (Å²) in [5.41, 5.74) is 8.17. The number of nitrogen functional groups attached to an aromatic ring is 2. The van der Waals surface area contributed by atoms with Crippen LogP contribution in [0.25, 0.3) is 32.1 Å². The lowest BCUT2D eigenvalue weighted by atomic mass is 9.89. The molecule has 0 aliphatic carbocycles. The van der Waals surface area contributed by atoms with E-state index >= 15 is 22.0 Å². The summed E-state index contributed by atoms with van der Waals surface area (Å²) in [6.45, 7) is 0.744. The molecule has 0 spiro atoms. The van der Waals surface area contributed by atoms with E-state index < -0.39 is 63.1 Å². The third kappa shape index (κ3) is 5.93. The van der Waals surface area contributed by atoms with Crippen molar-refractivity contribution in [2.75, 3.05) is 49.2 Å². The predicted octanol–water partition coefficient (Wildman–Crippen LogP) is 7.53. The number of benzene rings is 2. The lowest BCUT2D eigenvalue weighted by Gasteiger charge is -2.31. The molecule has 2 unspecified atom stereocenters. The molecule has 2 aromatic carbocycles. The van der Waals surface area contributed by atoms with Crippen molar-refractivity contribution >= 4 is 49.0 Å². The fourth-order valence-electron chi connectivity index (χ4n) is 8.30. The van der Waals surface area contributed by atoms with Crippen molar-refractivity contribution in [1.29, 1.82) is 5.26 Å². The zero-order valence-corrected chi connectivity index (χ0v) is 29.1. The zero-order valence-electron chi connectivity index (χ0n) is 28.3. The number of thiophene rings is 1. The first-order valence-electron chi connectivity index (χ1n) is 17.1. The Balaban J connectivity index is 1.36. The zero-order chi connectivity index (χ0) is 38.1. The second-order valence-electron chi connectivity index (χ2n) is 13.8. The lowest BCUT2D eigenvalue weighted by molar-refractivity contribution is -0.138. The monoisotopic (exact) mass is 772 g/mol. The second kappa shape index (κ2) is 13.3. The molecule has 4 N–H and O–H groups in total. The molecular formula is C36H31F7N8O2S. The number of nitriles is 1. The SMILES string of the molecule is N#Cc1c(N)sc2c(F)ccc(-c3c(C(F)(F)F)c4c5c(nc(OCC67CCCN6CC(CC(F)F)C7)nc5c3F)N(Cc3cccnc3N)CCO4)c12. The van der Waals surface area contributed by atoms with Crippen LogP contribution in [0.5, 0.6) is 11.8 Å². The van der Waals surface area contributed by atoms with Crippen LogP contribution in [-0.4, -0.2) is 64.7 Å². The van der Waals surface area contributed by atoms with E-state index in [1.807, 2.05) is 6.07 Å². The molecule has 282 valence electrons. The first-order valence-corrected chi connectivity index (χ1v) is 17.9. The van der Waals surface area contributed by atoms with Gasteiger partial charge in [-0.1, -0.05) is 12.1 Å². The topological polar surface area (TPSA) is 139 Å². The van der Waals surface area contributed by atoms with Crippen molar-refractivity contribution in [3.63, 3.8) is 0 Å². The number of hydrogen-bond acceptors (Lipinski definition) is 11. The fraction of sp³-hybridized carbons (Fsp3) is 0.389. The number of alkyl halides is 5. The van der Waals surface area contributed by atoms with Crippen LogP contribution in [-0.2, 0) is 12.7 Å². The molecule has 2 atom stereocenters. The number of pyridine rings is 1. The Morgan fingerprint density at radius 1 is 1.13 bits per heavy atom. The Morgan fingerprint density at radius 3 is 2.69 bits per heavy atom. The summed E-state index contributed by atoms with van der Waals surface area (Å²) < 4.78 is 117. The van der Waals surface area contributed by atoms with Gasteiger partial charge in [-0.2, -0.15) is 28.4 Å². The number of halogens is 7. The van der Waals surface area contributed by atoms with Crippen LogP contribution in [0, 0.1) is 28.9 Å². The van der Waals surface area contributed by atoms with Crippen LogP contribution in [0.4, 0.5) is 47.4 Å². The van der Waals surface area contributed by atoms with Gasteiger partial charge in [-0.05, 0) is 49.4 Å². The van der Waals surface area contributed by atoms with Crippen LogP contribution in [0.2, 0.25) is 0 Å². The number of nitrogens with zero attached hydrogens (tertiary/aromatic N) is 6. The summed E-state index contributed by atoms with van der Waals surface area (Å²) >= 11 is 0.654. The van der Waals surface area contributed by atoms with Gasteiger partial charge in [-0.25, -0.2) is 22.5 Å². The summed E-state index contributed by atoms with van der Waals surface area (Å²) in [5.74, 6) is -3.31. The molecule has 18 heteroatoms. The summed E-state index contributed by atoms with van der Waals surface area (Å²) in [7, 11) is 0. The summed E-state index contributed by atoms with van der Waals surface area (Å²) in [5, 5.41) is 9.08. The van der Waals surface area contributed by atoms with Crippen molar-refractivity contribution < 1.29 is 40.2 Å². The number of aromatic nitrogens is 3. The van der Waals surface area contributed by atoms with Crippen LogP contribution >= 0.6 is 11.3 Å². The van der Waals surface area contributed by atoms with Gasteiger partial charge in [0, 0.05) is 42.2 Å². The van der Waals surface area contributed by atoms with Crippen molar-refractivity contribution in [1.82, 2.24) is 19.9 Å². The first kappa shape index (κ1) is 35.9. The van der Waals surface area contributed by atoms with E-state index in [1.165, 1.54) is 6.20 Å². The van der Waals surface area contributed by atoms with Crippen LogP contribution in [0.15, 0.2) is 30.5 Å². The maximum Gasteiger partial charge on any atom is 0.420 e. The molecule has 0 bridgehead atoms. The predicted molar refractivity (Wildman–Crippen MR) is 187 cm³/mol. The lowest BCUT2D eigenvalue weighted by Crippen LogP contribution is -2.43. The Kier molecular flexibility index (Phi) is 8.83. The first-order chi connectivity index (χ1) is 25.8. The van der Waals surface area contributed by atoms with E-state index in [0.29, 0.717) is 42.8 Å². The molecule has 2 fully saturated rings. The normalized spacial score (nSPS) is 20.1. The maximum atomic E-state index is 17.4. The van der Waals surface area contributed by atoms with Gasteiger partial charge >= 0.3 is 12.2 Å². The molecule has 3 aliphatic heterocycles. The third-order valence-corrected chi connectivity index (χ3v) is 11.6. The van der Waals surface area contributed by atoms with Crippen LogP contribution in [0.3, 0.4) is 0 Å². The molecule has 6 heterocycles.